The maximum Gasteiger partial charge on any atom is 0.252 e. The predicted octanol–water partition coefficient (Wildman–Crippen LogP) is 4.17. The third-order valence-electron chi connectivity index (χ3n) is 6.36. The molecule has 172 valence electrons. The van der Waals surface area contributed by atoms with Gasteiger partial charge in [-0.3, -0.25) is 4.79 Å². The molecular formula is C25H23FN6OS. The number of pyridine rings is 2. The van der Waals surface area contributed by atoms with Crippen LogP contribution in [-0.2, 0) is 7.05 Å². The lowest BCUT2D eigenvalue weighted by Crippen LogP contribution is -2.57. The maximum absolute atomic E-state index is 13.3. The number of nitriles is 1. The van der Waals surface area contributed by atoms with E-state index in [0.29, 0.717) is 29.8 Å². The highest BCUT2D eigenvalue weighted by molar-refractivity contribution is 7.14. The number of thiazole rings is 1. The Bertz CT molecular complexity index is 1470. The monoisotopic (exact) mass is 474 g/mol. The van der Waals surface area contributed by atoms with Gasteiger partial charge in [-0.2, -0.15) is 5.26 Å². The highest BCUT2D eigenvalue weighted by Crippen LogP contribution is 2.33. The number of fused-ring (bicyclic) bond motifs is 1. The third-order valence-corrected chi connectivity index (χ3v) is 7.23. The van der Waals surface area contributed by atoms with Crippen LogP contribution in [0.2, 0.25) is 0 Å². The molecule has 0 radical (unpaired) electrons. The molecule has 1 aliphatic rings. The van der Waals surface area contributed by atoms with Crippen molar-refractivity contribution in [1.82, 2.24) is 14.5 Å². The van der Waals surface area contributed by atoms with E-state index in [4.69, 9.17) is 4.98 Å². The second kappa shape index (κ2) is 8.54. The van der Waals surface area contributed by atoms with Gasteiger partial charge in [0.2, 0.25) is 0 Å². The molecule has 34 heavy (non-hydrogen) atoms. The number of anilines is 2. The van der Waals surface area contributed by atoms with Crippen molar-refractivity contribution in [3.8, 4) is 17.3 Å². The van der Waals surface area contributed by atoms with Gasteiger partial charge in [0.1, 0.15) is 23.1 Å². The molecule has 9 heteroatoms. The fraction of sp³-hybridized carbons (Fsp3) is 0.280. The van der Waals surface area contributed by atoms with Crippen molar-refractivity contribution >= 4 is 33.2 Å². The number of aryl methyl sites for hydroxylation is 1. The SMILES string of the molecule is CC1CN(c2cc(=O)n(C)c3ccc(C#N)nc23)[C@@H](C)CN1c1nc(-c2ccc(F)cc2)cs1. The molecule has 1 aliphatic heterocycles. The van der Waals surface area contributed by atoms with E-state index in [0.717, 1.165) is 22.1 Å². The Hall–Kier alpha value is -3.77. The lowest BCUT2D eigenvalue weighted by Gasteiger charge is -2.45. The lowest BCUT2D eigenvalue weighted by atomic mass is 10.1. The minimum Gasteiger partial charge on any atom is -0.363 e. The van der Waals surface area contributed by atoms with Gasteiger partial charge < -0.3 is 14.4 Å². The molecule has 4 heterocycles. The molecule has 1 fully saturated rings. The van der Waals surface area contributed by atoms with Gasteiger partial charge in [-0.25, -0.2) is 14.4 Å². The van der Waals surface area contributed by atoms with Crippen molar-refractivity contribution in [3.05, 3.63) is 69.7 Å². The first-order valence-corrected chi connectivity index (χ1v) is 11.9. The number of hydrogen-bond donors (Lipinski definition) is 0. The van der Waals surface area contributed by atoms with Crippen LogP contribution < -0.4 is 15.4 Å². The summed E-state index contributed by atoms with van der Waals surface area (Å²) in [6.07, 6.45) is 0. The predicted molar refractivity (Wildman–Crippen MR) is 133 cm³/mol. The summed E-state index contributed by atoms with van der Waals surface area (Å²) < 4.78 is 14.8. The number of halogens is 1. The Morgan fingerprint density at radius 1 is 1.06 bits per heavy atom. The summed E-state index contributed by atoms with van der Waals surface area (Å²) in [5.41, 5.74) is 4.03. The normalized spacial score (nSPS) is 18.3. The van der Waals surface area contributed by atoms with Crippen molar-refractivity contribution in [1.29, 1.82) is 5.26 Å². The molecule has 0 bridgehead atoms. The largest absolute Gasteiger partial charge is 0.363 e. The van der Waals surface area contributed by atoms with Crippen molar-refractivity contribution in [2.24, 2.45) is 7.05 Å². The van der Waals surface area contributed by atoms with E-state index < -0.39 is 0 Å². The Labute approximate surface area is 200 Å². The number of rotatable bonds is 3. The molecule has 4 aromatic rings. The number of nitrogens with zero attached hydrogens (tertiary/aromatic N) is 6. The van der Waals surface area contributed by atoms with Crippen LogP contribution in [0, 0.1) is 17.1 Å². The maximum atomic E-state index is 13.3. The molecule has 0 aliphatic carbocycles. The fourth-order valence-electron chi connectivity index (χ4n) is 4.47. The molecule has 5 rings (SSSR count). The fourth-order valence-corrected chi connectivity index (χ4v) is 5.42. The smallest absolute Gasteiger partial charge is 0.252 e. The Balaban J connectivity index is 1.46. The van der Waals surface area contributed by atoms with Crippen LogP contribution in [0.4, 0.5) is 15.2 Å². The van der Waals surface area contributed by atoms with E-state index in [2.05, 4.69) is 34.7 Å². The van der Waals surface area contributed by atoms with Crippen LogP contribution in [-0.4, -0.2) is 39.7 Å². The van der Waals surface area contributed by atoms with E-state index in [9.17, 15) is 14.4 Å². The molecule has 0 amide bonds. The molecule has 0 saturated carbocycles. The molecule has 3 aromatic heterocycles. The molecular weight excluding hydrogens is 451 g/mol. The summed E-state index contributed by atoms with van der Waals surface area (Å²) in [6.45, 7) is 5.64. The average molecular weight is 475 g/mol. The Kier molecular flexibility index (Phi) is 5.54. The minimum atomic E-state index is -0.266. The summed E-state index contributed by atoms with van der Waals surface area (Å²) in [5.74, 6) is -0.266. The van der Waals surface area contributed by atoms with Gasteiger partial charge in [-0.15, -0.1) is 11.3 Å². The molecule has 7 nitrogen and oxygen atoms in total. The Morgan fingerprint density at radius 2 is 1.76 bits per heavy atom. The van der Waals surface area contributed by atoms with Gasteiger partial charge in [-0.05, 0) is 50.2 Å². The van der Waals surface area contributed by atoms with E-state index in [-0.39, 0.29) is 23.5 Å². The molecule has 0 N–H and O–H groups in total. The summed E-state index contributed by atoms with van der Waals surface area (Å²) in [6, 6.07) is 13.7. The van der Waals surface area contributed by atoms with Crippen molar-refractivity contribution in [2.45, 2.75) is 25.9 Å². The third kappa shape index (κ3) is 3.80. The zero-order chi connectivity index (χ0) is 24.0. The van der Waals surface area contributed by atoms with E-state index in [1.54, 1.807) is 53.3 Å². The molecule has 2 atom stereocenters. The topological polar surface area (TPSA) is 78.0 Å². The highest BCUT2D eigenvalue weighted by Gasteiger charge is 2.32. The van der Waals surface area contributed by atoms with Gasteiger partial charge in [0, 0.05) is 49.2 Å². The second-order valence-corrected chi connectivity index (χ2v) is 9.46. The van der Waals surface area contributed by atoms with Crippen LogP contribution >= 0.6 is 11.3 Å². The first kappa shape index (κ1) is 22.0. The van der Waals surface area contributed by atoms with Crippen LogP contribution in [0.3, 0.4) is 0 Å². The van der Waals surface area contributed by atoms with Gasteiger partial charge in [0.15, 0.2) is 5.13 Å². The summed E-state index contributed by atoms with van der Waals surface area (Å²) in [7, 11) is 1.72. The van der Waals surface area contributed by atoms with Crippen LogP contribution in [0.25, 0.3) is 22.3 Å². The standard InChI is InChI=1S/C25H23FN6OS/c1-15-13-32(25-29-20(14-34-25)17-4-6-18(26)7-5-17)16(2)12-31(15)22-10-23(33)30(3)21-9-8-19(11-27)28-24(21)22/h4-10,14-16H,12-13H2,1-3H3/t15-,16?/m0/s1. The second-order valence-electron chi connectivity index (χ2n) is 8.63. The van der Waals surface area contributed by atoms with Crippen LogP contribution in [0.1, 0.15) is 19.5 Å². The lowest BCUT2D eigenvalue weighted by molar-refractivity contribution is 0.481. The number of hydrogen-bond acceptors (Lipinski definition) is 7. The molecule has 0 spiro atoms. The summed E-state index contributed by atoms with van der Waals surface area (Å²) in [5, 5.41) is 12.3. The van der Waals surface area contributed by atoms with Gasteiger partial charge in [0.05, 0.1) is 16.9 Å². The van der Waals surface area contributed by atoms with Gasteiger partial charge in [-0.1, -0.05) is 0 Å². The number of benzene rings is 1. The van der Waals surface area contributed by atoms with Crippen molar-refractivity contribution in [3.63, 3.8) is 0 Å². The summed E-state index contributed by atoms with van der Waals surface area (Å²) in [4.78, 5) is 26.5. The van der Waals surface area contributed by atoms with Gasteiger partial charge >= 0.3 is 0 Å². The van der Waals surface area contributed by atoms with Crippen LogP contribution in [0.5, 0.6) is 0 Å². The molecule has 1 aromatic carbocycles. The zero-order valence-corrected chi connectivity index (χ0v) is 19.9. The van der Waals surface area contributed by atoms with Crippen molar-refractivity contribution in [2.75, 3.05) is 22.9 Å². The van der Waals surface area contributed by atoms with E-state index in [1.165, 1.54) is 12.1 Å². The Morgan fingerprint density at radius 3 is 2.50 bits per heavy atom. The first-order valence-electron chi connectivity index (χ1n) is 11.0. The quantitative estimate of drug-likeness (QED) is 0.444. The minimum absolute atomic E-state index is 0.0808. The van der Waals surface area contributed by atoms with Crippen LogP contribution in [0.15, 0.2) is 52.6 Å². The van der Waals surface area contributed by atoms with Crippen molar-refractivity contribution < 1.29 is 4.39 Å². The highest BCUT2D eigenvalue weighted by atomic mass is 32.1. The summed E-state index contributed by atoms with van der Waals surface area (Å²) >= 11 is 1.57. The molecule has 1 unspecified atom stereocenters. The van der Waals surface area contributed by atoms with E-state index in [1.807, 2.05) is 5.38 Å². The zero-order valence-electron chi connectivity index (χ0n) is 19.1. The average Bonchev–Trinajstić information content (AvgIpc) is 3.33. The number of aromatic nitrogens is 3. The van der Waals surface area contributed by atoms with E-state index >= 15 is 0 Å². The first-order chi connectivity index (χ1) is 16.4. The molecule has 1 saturated heterocycles. The van der Waals surface area contributed by atoms with Gasteiger partial charge in [0.25, 0.3) is 5.56 Å². The number of piperazine rings is 1.